The van der Waals surface area contributed by atoms with Crippen molar-refractivity contribution in [3.63, 3.8) is 0 Å². The lowest BCUT2D eigenvalue weighted by atomic mass is 10.2. The van der Waals surface area contributed by atoms with E-state index in [9.17, 15) is 4.79 Å². The van der Waals surface area contributed by atoms with Gasteiger partial charge in [-0.2, -0.15) is 0 Å². The smallest absolute Gasteiger partial charge is 0.261 e. The first-order chi connectivity index (χ1) is 14.5. The molecule has 0 spiro atoms. The van der Waals surface area contributed by atoms with E-state index < -0.39 is 0 Å². The van der Waals surface area contributed by atoms with Crippen LogP contribution in [0, 0.1) is 6.92 Å². The fourth-order valence-electron chi connectivity index (χ4n) is 2.65. The Hall–Kier alpha value is -2.90. The number of rotatable bonds is 7. The van der Waals surface area contributed by atoms with Crippen LogP contribution in [0.5, 0.6) is 11.5 Å². The van der Waals surface area contributed by atoms with Crippen LogP contribution in [0.25, 0.3) is 0 Å². The summed E-state index contributed by atoms with van der Waals surface area (Å²) in [5.74, 6) is 0.882. The van der Waals surface area contributed by atoms with Crippen LogP contribution in [-0.4, -0.2) is 24.2 Å². The van der Waals surface area contributed by atoms with Gasteiger partial charge in [-0.15, -0.1) is 0 Å². The molecule has 0 unspecified atom stereocenters. The van der Waals surface area contributed by atoms with Crippen molar-refractivity contribution in [2.75, 3.05) is 18.5 Å². The molecule has 0 aliphatic heterocycles. The summed E-state index contributed by atoms with van der Waals surface area (Å²) >= 11 is 8.77. The Bertz CT molecular complexity index is 1030. The number of hydrogen-bond acceptors (Lipinski definition) is 4. The van der Waals surface area contributed by atoms with Gasteiger partial charge in [0.15, 0.2) is 5.11 Å². The summed E-state index contributed by atoms with van der Waals surface area (Å²) in [7, 11) is 0. The Morgan fingerprint density at radius 2 is 1.67 bits per heavy atom. The minimum absolute atomic E-state index is 0.201. The highest BCUT2D eigenvalue weighted by Crippen LogP contribution is 2.23. The lowest BCUT2D eigenvalue weighted by molar-refractivity contribution is 0.0972. The van der Waals surface area contributed by atoms with Crippen LogP contribution in [0.2, 0.25) is 0 Å². The number of carbonyl (C=O) groups is 1. The Balaban J connectivity index is 1.56. The molecule has 0 saturated heterocycles. The van der Waals surface area contributed by atoms with Gasteiger partial charge in [-0.05, 0) is 77.0 Å². The highest BCUT2D eigenvalue weighted by molar-refractivity contribution is 9.10. The van der Waals surface area contributed by atoms with Crippen LogP contribution in [0.15, 0.2) is 77.3 Å². The van der Waals surface area contributed by atoms with Crippen LogP contribution in [0.1, 0.15) is 15.9 Å². The van der Waals surface area contributed by atoms with E-state index in [4.69, 9.17) is 21.7 Å². The van der Waals surface area contributed by atoms with Crippen molar-refractivity contribution in [1.82, 2.24) is 5.32 Å². The first-order valence-corrected chi connectivity index (χ1v) is 10.5. The Morgan fingerprint density at radius 1 is 0.967 bits per heavy atom. The molecule has 3 aromatic rings. The van der Waals surface area contributed by atoms with Gasteiger partial charge in [-0.3, -0.25) is 10.1 Å². The highest BCUT2D eigenvalue weighted by atomic mass is 79.9. The van der Waals surface area contributed by atoms with Gasteiger partial charge in [0.2, 0.25) is 0 Å². The van der Waals surface area contributed by atoms with E-state index >= 15 is 0 Å². The van der Waals surface area contributed by atoms with Gasteiger partial charge in [0, 0.05) is 4.47 Å². The van der Waals surface area contributed by atoms with Gasteiger partial charge in [0.05, 0.1) is 11.3 Å². The molecular weight excluding hydrogens is 464 g/mol. The standard InChI is InChI=1S/C23H21BrN2O3S/c1-16-11-12-20(19(24)15-16)25-23(30)26-22(27)18-9-5-6-10-21(18)29-14-13-28-17-7-3-2-4-8-17/h2-12,15H,13-14H2,1H3,(H2,25,26,27,30). The van der Waals surface area contributed by atoms with Gasteiger partial charge in [-0.25, -0.2) is 0 Å². The van der Waals surface area contributed by atoms with Gasteiger partial charge < -0.3 is 14.8 Å². The molecule has 0 heterocycles. The predicted octanol–water partition coefficient (Wildman–Crippen LogP) is 5.34. The van der Waals surface area contributed by atoms with Crippen molar-refractivity contribution < 1.29 is 14.3 Å². The summed E-state index contributed by atoms with van der Waals surface area (Å²) in [5.41, 5.74) is 2.28. The molecule has 5 nitrogen and oxygen atoms in total. The average molecular weight is 485 g/mol. The zero-order chi connectivity index (χ0) is 21.3. The van der Waals surface area contributed by atoms with E-state index in [0.717, 1.165) is 21.5 Å². The number of hydrogen-bond donors (Lipinski definition) is 2. The molecule has 1 amide bonds. The summed E-state index contributed by atoms with van der Waals surface area (Å²) in [6.07, 6.45) is 0. The average Bonchev–Trinajstić information content (AvgIpc) is 2.74. The number of ether oxygens (including phenoxy) is 2. The van der Waals surface area contributed by atoms with Crippen LogP contribution >= 0.6 is 28.1 Å². The summed E-state index contributed by atoms with van der Waals surface area (Å²) in [6, 6.07) is 22.3. The number of para-hydroxylation sites is 2. The number of halogens is 1. The lowest BCUT2D eigenvalue weighted by Crippen LogP contribution is -2.34. The second-order valence-electron chi connectivity index (χ2n) is 6.40. The molecule has 2 N–H and O–H groups in total. The molecule has 0 radical (unpaired) electrons. The third-order valence-electron chi connectivity index (χ3n) is 4.08. The summed E-state index contributed by atoms with van der Waals surface area (Å²) in [5, 5.41) is 5.91. The fourth-order valence-corrected chi connectivity index (χ4v) is 3.45. The number of anilines is 1. The van der Waals surface area contributed by atoms with Crippen molar-refractivity contribution >= 4 is 44.9 Å². The maximum Gasteiger partial charge on any atom is 0.261 e. The third-order valence-corrected chi connectivity index (χ3v) is 4.94. The van der Waals surface area contributed by atoms with E-state index in [1.165, 1.54) is 0 Å². The molecule has 0 aromatic heterocycles. The van der Waals surface area contributed by atoms with Gasteiger partial charge in [-0.1, -0.05) is 36.4 Å². The van der Waals surface area contributed by atoms with Crippen LogP contribution in [-0.2, 0) is 0 Å². The minimum atomic E-state index is -0.352. The number of amides is 1. The molecular formula is C23H21BrN2O3S. The van der Waals surface area contributed by atoms with Crippen molar-refractivity contribution in [2.45, 2.75) is 6.92 Å². The summed E-state index contributed by atoms with van der Waals surface area (Å²) in [6.45, 7) is 2.66. The topological polar surface area (TPSA) is 59.6 Å². The third kappa shape index (κ3) is 6.30. The van der Waals surface area contributed by atoms with Crippen LogP contribution in [0.3, 0.4) is 0 Å². The van der Waals surface area contributed by atoms with Crippen LogP contribution in [0.4, 0.5) is 5.69 Å². The summed E-state index contributed by atoms with van der Waals surface area (Å²) in [4.78, 5) is 12.7. The molecule has 30 heavy (non-hydrogen) atoms. The molecule has 3 aromatic carbocycles. The van der Waals surface area contributed by atoms with Gasteiger partial charge in [0.25, 0.3) is 5.91 Å². The van der Waals surface area contributed by atoms with E-state index in [2.05, 4.69) is 26.6 Å². The Morgan fingerprint density at radius 3 is 2.43 bits per heavy atom. The quantitative estimate of drug-likeness (QED) is 0.350. The van der Waals surface area contributed by atoms with Crippen LogP contribution < -0.4 is 20.1 Å². The fraction of sp³-hybridized carbons (Fsp3) is 0.130. The first-order valence-electron chi connectivity index (χ1n) is 9.31. The second kappa shape index (κ2) is 10.8. The molecule has 7 heteroatoms. The lowest BCUT2D eigenvalue weighted by Gasteiger charge is -2.14. The zero-order valence-corrected chi connectivity index (χ0v) is 18.8. The largest absolute Gasteiger partial charge is 0.490 e. The molecule has 0 atom stereocenters. The molecule has 0 saturated carbocycles. The number of thiocarbonyl (C=S) groups is 1. The monoisotopic (exact) mass is 484 g/mol. The second-order valence-corrected chi connectivity index (χ2v) is 7.66. The Labute approximate surface area is 189 Å². The molecule has 0 bridgehead atoms. The number of aryl methyl sites for hydroxylation is 1. The van der Waals surface area contributed by atoms with E-state index in [1.807, 2.05) is 61.5 Å². The molecule has 3 rings (SSSR count). The molecule has 0 aliphatic carbocycles. The molecule has 0 aliphatic rings. The molecule has 0 fully saturated rings. The summed E-state index contributed by atoms with van der Waals surface area (Å²) < 4.78 is 12.2. The number of carbonyl (C=O) groups excluding carboxylic acids is 1. The Kier molecular flexibility index (Phi) is 7.82. The normalized spacial score (nSPS) is 10.2. The highest BCUT2D eigenvalue weighted by Gasteiger charge is 2.14. The predicted molar refractivity (Wildman–Crippen MR) is 126 cm³/mol. The van der Waals surface area contributed by atoms with E-state index in [1.54, 1.807) is 18.2 Å². The first kappa shape index (κ1) is 21.8. The van der Waals surface area contributed by atoms with Gasteiger partial charge >= 0.3 is 0 Å². The van der Waals surface area contributed by atoms with Crippen molar-refractivity contribution in [2.24, 2.45) is 0 Å². The molecule has 154 valence electrons. The van der Waals surface area contributed by atoms with E-state index in [-0.39, 0.29) is 11.0 Å². The SMILES string of the molecule is Cc1ccc(NC(=S)NC(=O)c2ccccc2OCCOc2ccccc2)c(Br)c1. The zero-order valence-electron chi connectivity index (χ0n) is 16.4. The maximum atomic E-state index is 12.7. The van der Waals surface area contributed by atoms with Crippen molar-refractivity contribution in [3.8, 4) is 11.5 Å². The number of benzene rings is 3. The van der Waals surface area contributed by atoms with Crippen molar-refractivity contribution in [3.05, 3.63) is 88.4 Å². The maximum absolute atomic E-state index is 12.7. The van der Waals surface area contributed by atoms with Crippen molar-refractivity contribution in [1.29, 1.82) is 0 Å². The van der Waals surface area contributed by atoms with Gasteiger partial charge in [0.1, 0.15) is 24.7 Å². The van der Waals surface area contributed by atoms with E-state index in [0.29, 0.717) is 24.5 Å². The number of nitrogens with one attached hydrogen (secondary N) is 2. The minimum Gasteiger partial charge on any atom is -0.490 e.